The molecule has 0 fully saturated rings. The summed E-state index contributed by atoms with van der Waals surface area (Å²) in [5, 5.41) is 15.7. The van der Waals surface area contributed by atoms with Crippen molar-refractivity contribution in [3.05, 3.63) is 59.7 Å². The Morgan fingerprint density at radius 1 is 1.09 bits per heavy atom. The van der Waals surface area contributed by atoms with Gasteiger partial charge in [0.1, 0.15) is 5.75 Å². The molecule has 2 aromatic rings. The molecule has 3 N–H and O–H groups in total. The zero-order chi connectivity index (χ0) is 32.2. The van der Waals surface area contributed by atoms with Crippen LogP contribution in [0, 0.1) is 5.92 Å². The smallest absolute Gasteiger partial charge is 0.319 e. The van der Waals surface area contributed by atoms with Gasteiger partial charge in [-0.15, -0.1) is 0 Å². The highest BCUT2D eigenvalue weighted by Crippen LogP contribution is 2.28. The maximum atomic E-state index is 14.2. The summed E-state index contributed by atoms with van der Waals surface area (Å²) in [7, 11) is 1.78. The molecule has 4 amide bonds. The number of nitrogens with zero attached hydrogens (tertiary/aromatic N) is 2. The second kappa shape index (κ2) is 17.0. The van der Waals surface area contributed by atoms with Crippen molar-refractivity contribution >= 4 is 23.5 Å². The minimum atomic E-state index is -0.498. The van der Waals surface area contributed by atoms with E-state index in [2.05, 4.69) is 10.6 Å². The van der Waals surface area contributed by atoms with Crippen molar-refractivity contribution < 1.29 is 29.0 Å². The fourth-order valence-electron chi connectivity index (χ4n) is 5.17. The van der Waals surface area contributed by atoms with E-state index in [4.69, 9.17) is 9.47 Å². The highest BCUT2D eigenvalue weighted by atomic mass is 16.5. The van der Waals surface area contributed by atoms with Crippen molar-refractivity contribution in [1.82, 2.24) is 15.1 Å². The molecule has 44 heavy (non-hydrogen) atoms. The van der Waals surface area contributed by atoms with Crippen molar-refractivity contribution in [3.63, 3.8) is 0 Å². The van der Waals surface area contributed by atoms with E-state index in [9.17, 15) is 19.5 Å². The number of anilines is 1. The largest absolute Gasteiger partial charge is 0.490 e. The molecule has 10 nitrogen and oxygen atoms in total. The van der Waals surface area contributed by atoms with Crippen LogP contribution in [0.15, 0.2) is 48.5 Å². The first-order chi connectivity index (χ1) is 21.0. The van der Waals surface area contributed by atoms with Gasteiger partial charge in [0.2, 0.25) is 5.91 Å². The van der Waals surface area contributed by atoms with E-state index < -0.39 is 6.04 Å². The minimum Gasteiger partial charge on any atom is -0.490 e. The molecule has 1 aliphatic rings. The van der Waals surface area contributed by atoms with Crippen LogP contribution in [0.1, 0.15) is 69.8 Å². The molecule has 2 aromatic carbocycles. The molecule has 0 spiro atoms. The minimum absolute atomic E-state index is 0.00973. The van der Waals surface area contributed by atoms with E-state index in [-0.39, 0.29) is 55.2 Å². The summed E-state index contributed by atoms with van der Waals surface area (Å²) in [6.45, 7) is 10.4. The standard InChI is InChI=1S/C34H50N4O6/c1-23(2)35-34(42)36-28-15-16-30-29(19-28)33(41)38(25(4)22-39)20-24(3)31(43-17-11-10-12-26(5)44-30)21-37(6)32(40)18-27-13-8-7-9-14-27/h7-9,13-16,19,23-26,31,39H,10-12,17-18,20-22H2,1-6H3,(H2,35,36,42)/t24-,25+,26+,31-/m0/s1. The quantitative estimate of drug-likeness (QED) is 0.398. The SMILES string of the molecule is CC(C)NC(=O)Nc1ccc2c(c1)C(=O)N([C@H](C)CO)C[C@H](C)[C@H](CN(C)C(=O)Cc1ccccc1)OCCCC[C@@H](C)O2. The lowest BCUT2D eigenvalue weighted by atomic mass is 10.0. The summed E-state index contributed by atoms with van der Waals surface area (Å²) in [4.78, 5) is 43.0. The number of urea groups is 1. The van der Waals surface area contributed by atoms with Crippen molar-refractivity contribution in [1.29, 1.82) is 0 Å². The molecule has 0 saturated carbocycles. The summed E-state index contributed by atoms with van der Waals surface area (Å²) in [5.41, 5.74) is 1.71. The molecule has 0 saturated heterocycles. The molecule has 0 aliphatic carbocycles. The zero-order valence-electron chi connectivity index (χ0n) is 27.0. The highest BCUT2D eigenvalue weighted by molar-refractivity contribution is 5.99. The third-order valence-electron chi connectivity index (χ3n) is 7.81. The number of aliphatic hydroxyl groups excluding tert-OH is 1. The topological polar surface area (TPSA) is 120 Å². The summed E-state index contributed by atoms with van der Waals surface area (Å²) in [5.74, 6) is -0.0668. The number of amides is 4. The van der Waals surface area contributed by atoms with Crippen LogP contribution in [-0.2, 0) is 16.0 Å². The lowest BCUT2D eigenvalue weighted by molar-refractivity contribution is -0.131. The summed E-state index contributed by atoms with van der Waals surface area (Å²) >= 11 is 0. The van der Waals surface area contributed by atoms with Gasteiger partial charge in [-0.05, 0) is 70.7 Å². The van der Waals surface area contributed by atoms with E-state index in [0.29, 0.717) is 36.6 Å². The normalized spacial score (nSPS) is 20.6. The number of carbonyl (C=O) groups excluding carboxylic acids is 3. The van der Waals surface area contributed by atoms with Crippen molar-refractivity contribution in [2.75, 3.05) is 38.7 Å². The molecule has 10 heteroatoms. The van der Waals surface area contributed by atoms with E-state index in [0.717, 1.165) is 24.8 Å². The highest BCUT2D eigenvalue weighted by Gasteiger charge is 2.31. The van der Waals surface area contributed by atoms with Crippen LogP contribution in [0.2, 0.25) is 0 Å². The van der Waals surface area contributed by atoms with Gasteiger partial charge in [0.15, 0.2) is 0 Å². The van der Waals surface area contributed by atoms with Crippen LogP contribution < -0.4 is 15.4 Å². The molecule has 0 aromatic heterocycles. The Kier molecular flexibility index (Phi) is 13.5. The first kappa shape index (κ1) is 34.9. The fraction of sp³-hybridized carbons (Fsp3) is 0.559. The molecule has 3 rings (SSSR count). The lowest BCUT2D eigenvalue weighted by Gasteiger charge is -2.36. The van der Waals surface area contributed by atoms with E-state index in [1.165, 1.54) is 0 Å². The van der Waals surface area contributed by atoms with Crippen LogP contribution in [-0.4, -0.2) is 90.4 Å². The van der Waals surface area contributed by atoms with Gasteiger partial charge in [-0.25, -0.2) is 4.79 Å². The Morgan fingerprint density at radius 2 is 1.82 bits per heavy atom. The van der Waals surface area contributed by atoms with Gasteiger partial charge in [0.25, 0.3) is 5.91 Å². The second-order valence-electron chi connectivity index (χ2n) is 12.2. The van der Waals surface area contributed by atoms with Gasteiger partial charge in [0, 0.05) is 44.4 Å². The number of carbonyl (C=O) groups is 3. The van der Waals surface area contributed by atoms with Gasteiger partial charge >= 0.3 is 6.03 Å². The number of benzene rings is 2. The van der Waals surface area contributed by atoms with Crippen LogP contribution in [0.25, 0.3) is 0 Å². The molecular weight excluding hydrogens is 560 g/mol. The summed E-state index contributed by atoms with van der Waals surface area (Å²) in [6, 6.07) is 13.8. The molecule has 0 unspecified atom stereocenters. The number of hydrogen-bond donors (Lipinski definition) is 3. The Labute approximate surface area is 262 Å². The zero-order valence-corrected chi connectivity index (χ0v) is 27.0. The van der Waals surface area contributed by atoms with Crippen LogP contribution in [0.5, 0.6) is 5.75 Å². The van der Waals surface area contributed by atoms with Crippen molar-refractivity contribution in [2.45, 2.75) is 84.6 Å². The Hall–Kier alpha value is -3.63. The van der Waals surface area contributed by atoms with E-state index in [1.54, 1.807) is 42.0 Å². The average Bonchev–Trinajstić information content (AvgIpc) is 2.98. The molecule has 1 heterocycles. The third kappa shape index (κ3) is 10.5. The first-order valence-corrected chi connectivity index (χ1v) is 15.7. The van der Waals surface area contributed by atoms with E-state index >= 15 is 0 Å². The number of ether oxygens (including phenoxy) is 2. The number of aliphatic hydroxyl groups is 1. The monoisotopic (exact) mass is 610 g/mol. The van der Waals surface area contributed by atoms with E-state index in [1.807, 2.05) is 58.0 Å². The molecule has 242 valence electrons. The Balaban J connectivity index is 1.89. The van der Waals surface area contributed by atoms with Gasteiger partial charge in [-0.1, -0.05) is 37.3 Å². The molecular formula is C34H50N4O6. The number of rotatable bonds is 8. The predicted molar refractivity (Wildman–Crippen MR) is 172 cm³/mol. The van der Waals surface area contributed by atoms with Crippen LogP contribution >= 0.6 is 0 Å². The van der Waals surface area contributed by atoms with Gasteiger partial charge in [-0.3, -0.25) is 9.59 Å². The average molecular weight is 611 g/mol. The molecule has 0 radical (unpaired) electrons. The molecule has 0 bridgehead atoms. The number of likely N-dealkylation sites (N-methyl/N-ethyl adjacent to an activating group) is 1. The maximum Gasteiger partial charge on any atom is 0.319 e. The fourth-order valence-corrected chi connectivity index (χ4v) is 5.17. The first-order valence-electron chi connectivity index (χ1n) is 15.7. The Morgan fingerprint density at radius 3 is 2.50 bits per heavy atom. The molecule has 4 atom stereocenters. The lowest BCUT2D eigenvalue weighted by Crippen LogP contribution is -2.48. The van der Waals surface area contributed by atoms with Gasteiger partial charge in [0.05, 0.1) is 36.8 Å². The summed E-state index contributed by atoms with van der Waals surface area (Å²) in [6.07, 6.45) is 2.27. The van der Waals surface area contributed by atoms with Crippen LogP contribution in [0.3, 0.4) is 0 Å². The maximum absolute atomic E-state index is 14.2. The summed E-state index contributed by atoms with van der Waals surface area (Å²) < 4.78 is 12.6. The second-order valence-corrected chi connectivity index (χ2v) is 12.2. The number of hydrogen-bond acceptors (Lipinski definition) is 6. The number of fused-ring (bicyclic) bond motifs is 1. The van der Waals surface area contributed by atoms with Crippen molar-refractivity contribution in [2.24, 2.45) is 5.92 Å². The third-order valence-corrected chi connectivity index (χ3v) is 7.81. The van der Waals surface area contributed by atoms with Gasteiger partial charge in [-0.2, -0.15) is 0 Å². The Bertz CT molecular complexity index is 1220. The van der Waals surface area contributed by atoms with Crippen molar-refractivity contribution in [3.8, 4) is 5.75 Å². The number of nitrogens with one attached hydrogen (secondary N) is 2. The molecule has 1 aliphatic heterocycles. The van der Waals surface area contributed by atoms with Gasteiger partial charge < -0.3 is 35.0 Å². The predicted octanol–water partition coefficient (Wildman–Crippen LogP) is 4.71. The van der Waals surface area contributed by atoms with Crippen LogP contribution in [0.4, 0.5) is 10.5 Å².